The van der Waals surface area contributed by atoms with E-state index in [4.69, 9.17) is 40.3 Å². The smallest absolute Gasteiger partial charge is 0.394 e. The maximum absolute atomic E-state index is 10.2. The molecule has 0 aromatic heterocycles. The molecule has 0 amide bonds. The van der Waals surface area contributed by atoms with Crippen molar-refractivity contribution in [3.63, 3.8) is 0 Å². The fraction of sp³-hybridized carbons (Fsp3) is 0.917. The summed E-state index contributed by atoms with van der Waals surface area (Å²) in [5.41, 5.74) is 0. The summed E-state index contributed by atoms with van der Waals surface area (Å²) >= 11 is 1.27. The second kappa shape index (κ2) is 28.8. The van der Waals surface area contributed by atoms with E-state index in [0.717, 1.165) is 12.8 Å². The van der Waals surface area contributed by atoms with E-state index in [1.54, 1.807) is 0 Å². The Morgan fingerprint density at radius 3 is 1.68 bits per heavy atom. The Bertz CT molecular complexity index is 604. The number of unbranched alkanes of at least 4 members (excludes halogenated alkanes) is 9. The molecule has 1 aliphatic heterocycles. The van der Waals surface area contributed by atoms with Crippen molar-refractivity contribution < 1.29 is 57.6 Å². The molecule has 14 heteroatoms. The molecule has 1 fully saturated rings. The minimum Gasteiger partial charge on any atom is -0.394 e. The summed E-state index contributed by atoms with van der Waals surface area (Å²) in [4.78, 5) is 0. The summed E-state index contributed by atoms with van der Waals surface area (Å²) in [6.45, 7) is 6.69. The molecule has 1 rings (SSSR count). The first-order valence-corrected chi connectivity index (χ1v) is 16.1. The second-order valence-corrected chi connectivity index (χ2v) is 10.8. The molecule has 38 heavy (non-hydrogen) atoms. The molecule has 0 radical (unpaired) electrons. The van der Waals surface area contributed by atoms with Crippen LogP contribution in [0.15, 0.2) is 12.7 Å². The van der Waals surface area contributed by atoms with Crippen molar-refractivity contribution in [2.45, 2.75) is 119 Å². The first kappa shape index (κ1) is 42.8. The molecule has 0 aliphatic carbocycles. The molecule has 12 nitrogen and oxygen atoms in total. The Balaban J connectivity index is -0.000000502. The fourth-order valence-corrected chi connectivity index (χ4v) is 3.16. The number of hydrogen-bond donors (Lipinski definition) is 8. The van der Waals surface area contributed by atoms with Gasteiger partial charge >= 0.3 is 54.7 Å². The van der Waals surface area contributed by atoms with Gasteiger partial charge in [-0.05, 0) is 13.3 Å². The van der Waals surface area contributed by atoms with Gasteiger partial charge in [0.1, 0.15) is 24.4 Å². The van der Waals surface area contributed by atoms with Gasteiger partial charge in [0.2, 0.25) is 0 Å². The van der Waals surface area contributed by atoms with E-state index in [1.807, 2.05) is 6.08 Å². The minimum atomic E-state index is -4.23. The summed E-state index contributed by atoms with van der Waals surface area (Å²) in [6.07, 6.45) is 6.19. The van der Waals surface area contributed by atoms with Crippen LogP contribution in [-0.2, 0) is 19.3 Å². The quantitative estimate of drug-likeness (QED) is 0.0574. The second-order valence-electron chi connectivity index (χ2n) is 8.88. The molecule has 1 saturated heterocycles. The number of ether oxygens (including phenoxy) is 1. The standard InChI is InChI=1S/C12H26O4S.C6H12O6.C3H8O2.C3H5.Na/c1-2-3-4-5-6-7-8-9-10-11-12-16-17(13,14)15;7-1-2-3(8)4(9)5(10)6(11)12-2;1-3(5)2-4;1-3-2;/h2-12H2,1H3,(H,13,14,15);2-11H,1H2;3-5H,2H2,1H3;3H,1-2H2;/t;2-,3-,4+,5-,6?;;;/m.1.../s1. The van der Waals surface area contributed by atoms with E-state index in [-0.39, 0.29) is 13.2 Å². The molecule has 226 valence electrons. The van der Waals surface area contributed by atoms with Crippen LogP contribution in [0, 0.1) is 0 Å². The summed E-state index contributed by atoms with van der Waals surface area (Å²) in [7, 11) is -4.23. The third kappa shape index (κ3) is 29.3. The van der Waals surface area contributed by atoms with Crippen molar-refractivity contribution in [2.24, 2.45) is 0 Å². The summed E-state index contributed by atoms with van der Waals surface area (Å²) < 4.78 is 38.8. The normalized spacial score (nSPS) is 23.5. The number of aliphatic hydroxyl groups excluding tert-OH is 7. The van der Waals surface area contributed by atoms with Gasteiger partial charge in [-0.3, -0.25) is 4.55 Å². The molecule has 0 aromatic rings. The van der Waals surface area contributed by atoms with E-state index in [9.17, 15) is 8.42 Å². The first-order valence-electron chi connectivity index (χ1n) is 13.3. The van der Waals surface area contributed by atoms with Crippen LogP contribution < -0.4 is 0 Å². The SMILES string of the molecule is C=C[CH2][Na].CC(O)CO.CCCCCCCCCCCCOS(=O)(=O)O.OC[C@H]1OC(O)[C@H](O)[C@@H](O)[C@@H]1O. The molecular formula is C24H51NaO12S. The predicted octanol–water partition coefficient (Wildman–Crippen LogP) is 0.624. The van der Waals surface area contributed by atoms with Gasteiger partial charge in [-0.1, -0.05) is 64.7 Å². The molecule has 0 aromatic carbocycles. The Hall–Kier alpha value is 0.290. The molecule has 8 N–H and O–H groups in total. The zero-order valence-electron chi connectivity index (χ0n) is 23.3. The Labute approximate surface area is 246 Å². The summed E-state index contributed by atoms with van der Waals surface area (Å²) in [6, 6.07) is 0. The number of allylic oxidation sites excluding steroid dienone is 1. The maximum atomic E-state index is 10.2. The van der Waals surface area contributed by atoms with Crippen molar-refractivity contribution in [1.82, 2.24) is 0 Å². The van der Waals surface area contributed by atoms with Crippen molar-refractivity contribution in [2.75, 3.05) is 19.8 Å². The van der Waals surface area contributed by atoms with Crippen LogP contribution in [0.3, 0.4) is 0 Å². The zero-order valence-corrected chi connectivity index (χ0v) is 26.1. The van der Waals surface area contributed by atoms with Crippen LogP contribution in [0.2, 0.25) is 3.67 Å². The number of rotatable bonds is 15. The van der Waals surface area contributed by atoms with E-state index < -0.39 is 53.8 Å². The van der Waals surface area contributed by atoms with Crippen LogP contribution in [0.4, 0.5) is 0 Å². The van der Waals surface area contributed by atoms with Gasteiger partial charge in [-0.15, -0.1) is 0 Å². The van der Waals surface area contributed by atoms with Crippen LogP contribution in [0.25, 0.3) is 0 Å². The molecule has 6 atom stereocenters. The average Bonchev–Trinajstić information content (AvgIpc) is 2.88. The largest absolute Gasteiger partial charge is 0.397 e. The molecule has 2 unspecified atom stereocenters. The van der Waals surface area contributed by atoms with Gasteiger partial charge in [0.15, 0.2) is 6.29 Å². The van der Waals surface area contributed by atoms with Gasteiger partial charge in [0.05, 0.1) is 25.9 Å². The molecular weight excluding hydrogens is 535 g/mol. The van der Waals surface area contributed by atoms with Gasteiger partial charge in [-0.25, -0.2) is 4.18 Å². The average molecular weight is 587 g/mol. The van der Waals surface area contributed by atoms with Crippen LogP contribution in [0.1, 0.15) is 78.1 Å². The summed E-state index contributed by atoms with van der Waals surface area (Å²) in [5, 5.41) is 60.7. The zero-order chi connectivity index (χ0) is 30.0. The van der Waals surface area contributed by atoms with Crippen LogP contribution in [0.5, 0.6) is 0 Å². The van der Waals surface area contributed by atoms with Crippen molar-refractivity contribution in [1.29, 1.82) is 0 Å². The van der Waals surface area contributed by atoms with Crippen LogP contribution in [-0.4, -0.2) is 133 Å². The monoisotopic (exact) mass is 586 g/mol. The third-order valence-electron chi connectivity index (χ3n) is 5.15. The molecule has 0 spiro atoms. The van der Waals surface area contributed by atoms with Crippen LogP contribution >= 0.6 is 0 Å². The van der Waals surface area contributed by atoms with Gasteiger partial charge in [-0.2, -0.15) is 8.42 Å². The Morgan fingerprint density at radius 2 is 1.34 bits per heavy atom. The van der Waals surface area contributed by atoms with Gasteiger partial charge in [0.25, 0.3) is 0 Å². The Kier molecular flexibility index (Phi) is 32.4. The fourth-order valence-electron chi connectivity index (χ4n) is 2.84. The maximum Gasteiger partial charge on any atom is 0.397 e. The Morgan fingerprint density at radius 1 is 0.921 bits per heavy atom. The van der Waals surface area contributed by atoms with E-state index in [1.165, 1.54) is 83.5 Å². The topological polar surface area (TPSA) is 214 Å². The minimum absolute atomic E-state index is 0.0926. The first-order chi connectivity index (χ1) is 17.8. The van der Waals surface area contributed by atoms with E-state index in [2.05, 4.69) is 22.4 Å². The molecule has 1 aliphatic rings. The molecule has 0 bridgehead atoms. The van der Waals surface area contributed by atoms with E-state index >= 15 is 0 Å². The summed E-state index contributed by atoms with van der Waals surface area (Å²) in [5.74, 6) is 0. The molecule has 0 saturated carbocycles. The van der Waals surface area contributed by atoms with Crippen molar-refractivity contribution >= 4 is 38.3 Å². The van der Waals surface area contributed by atoms with Crippen molar-refractivity contribution in [3.05, 3.63) is 12.7 Å². The van der Waals surface area contributed by atoms with E-state index in [0.29, 0.717) is 6.42 Å². The van der Waals surface area contributed by atoms with Gasteiger partial charge < -0.3 is 40.5 Å². The number of hydrogen-bond acceptors (Lipinski definition) is 11. The third-order valence-corrected chi connectivity index (χ3v) is 6.19. The van der Waals surface area contributed by atoms with Gasteiger partial charge in [0, 0.05) is 0 Å². The molecule has 1 heterocycles. The van der Waals surface area contributed by atoms with Crippen molar-refractivity contribution in [3.8, 4) is 0 Å². The number of aliphatic hydroxyl groups is 7. The predicted molar refractivity (Wildman–Crippen MR) is 145 cm³/mol.